The molecule has 28 heavy (non-hydrogen) atoms. The highest BCUT2D eigenvalue weighted by atomic mass is 16.7. The molecule has 0 aliphatic carbocycles. The van der Waals surface area contributed by atoms with E-state index in [1.54, 1.807) is 36.4 Å². The lowest BCUT2D eigenvalue weighted by molar-refractivity contribution is -0.158. The van der Waals surface area contributed by atoms with Gasteiger partial charge in [0.15, 0.2) is 0 Å². The number of ether oxygens (including phenoxy) is 3. The number of carbonyl (C=O) groups is 1. The van der Waals surface area contributed by atoms with Gasteiger partial charge in [-0.25, -0.2) is 4.79 Å². The van der Waals surface area contributed by atoms with Crippen LogP contribution in [0, 0.1) is 0 Å². The van der Waals surface area contributed by atoms with Crippen molar-refractivity contribution >= 4 is 5.97 Å². The third-order valence-corrected chi connectivity index (χ3v) is 4.67. The van der Waals surface area contributed by atoms with Crippen molar-refractivity contribution in [2.24, 2.45) is 0 Å². The van der Waals surface area contributed by atoms with Crippen LogP contribution in [0.25, 0.3) is 0 Å². The zero-order valence-corrected chi connectivity index (χ0v) is 15.2. The van der Waals surface area contributed by atoms with Gasteiger partial charge in [-0.05, 0) is 42.3 Å². The van der Waals surface area contributed by atoms with Crippen molar-refractivity contribution in [1.29, 1.82) is 0 Å². The first kappa shape index (κ1) is 17.9. The summed E-state index contributed by atoms with van der Waals surface area (Å²) in [5, 5.41) is 9.40. The molecule has 0 saturated carbocycles. The Morgan fingerprint density at radius 2 is 1.54 bits per heavy atom. The molecular formula is C23H20O5. The lowest BCUT2D eigenvalue weighted by atomic mass is 9.87. The first-order valence-electron chi connectivity index (χ1n) is 9.13. The molecule has 5 heteroatoms. The summed E-state index contributed by atoms with van der Waals surface area (Å²) in [4.78, 5) is 11.5. The van der Waals surface area contributed by atoms with Gasteiger partial charge in [-0.3, -0.25) is 0 Å². The Morgan fingerprint density at radius 1 is 0.893 bits per heavy atom. The average Bonchev–Trinajstić information content (AvgIpc) is 2.74. The van der Waals surface area contributed by atoms with Crippen LogP contribution in [0.2, 0.25) is 0 Å². The second-order valence-corrected chi connectivity index (χ2v) is 6.52. The predicted octanol–water partition coefficient (Wildman–Crippen LogP) is 4.47. The van der Waals surface area contributed by atoms with Gasteiger partial charge in [0.1, 0.15) is 17.2 Å². The molecule has 0 spiro atoms. The number of aliphatic carboxylic acids is 1. The van der Waals surface area contributed by atoms with Crippen LogP contribution in [0.1, 0.15) is 23.5 Å². The van der Waals surface area contributed by atoms with E-state index in [2.05, 4.69) is 6.07 Å². The molecule has 3 aromatic carbocycles. The first-order chi connectivity index (χ1) is 13.7. The molecule has 2 atom stereocenters. The second-order valence-electron chi connectivity index (χ2n) is 6.52. The van der Waals surface area contributed by atoms with E-state index in [0.29, 0.717) is 18.1 Å². The molecule has 0 amide bonds. The van der Waals surface area contributed by atoms with Gasteiger partial charge in [0.2, 0.25) is 0 Å². The Morgan fingerprint density at radius 3 is 2.25 bits per heavy atom. The van der Waals surface area contributed by atoms with Crippen molar-refractivity contribution in [2.45, 2.75) is 18.6 Å². The van der Waals surface area contributed by atoms with E-state index in [-0.39, 0.29) is 5.92 Å². The number of carboxylic acid groups (broad SMARTS) is 1. The molecule has 0 fully saturated rings. The van der Waals surface area contributed by atoms with Crippen molar-refractivity contribution < 1.29 is 24.1 Å². The van der Waals surface area contributed by atoms with Gasteiger partial charge in [-0.15, -0.1) is 0 Å². The zero-order valence-electron chi connectivity index (χ0n) is 15.2. The van der Waals surface area contributed by atoms with Crippen LogP contribution in [0.4, 0.5) is 0 Å². The molecule has 0 bridgehead atoms. The van der Waals surface area contributed by atoms with Crippen LogP contribution < -0.4 is 14.2 Å². The SMILES string of the molecule is O=C(O)C(Oc1ccccc1)Oc1ccc(C2CCOc3ccccc32)cc1. The largest absolute Gasteiger partial charge is 0.493 e. The van der Waals surface area contributed by atoms with Crippen LogP contribution in [-0.4, -0.2) is 24.0 Å². The fraction of sp³-hybridized carbons (Fsp3) is 0.174. The number of hydrogen-bond acceptors (Lipinski definition) is 4. The standard InChI is InChI=1S/C23H20O5/c24-22(25)23(27-17-6-2-1-3-7-17)28-18-12-10-16(11-13-18)19-14-15-26-21-9-5-4-8-20(19)21/h1-13,19,23H,14-15H2,(H,24,25). The zero-order chi connectivity index (χ0) is 19.3. The average molecular weight is 376 g/mol. The molecule has 1 aliphatic heterocycles. The van der Waals surface area contributed by atoms with E-state index in [0.717, 1.165) is 17.7 Å². The Labute approximate surface area is 163 Å². The summed E-state index contributed by atoms with van der Waals surface area (Å²) < 4.78 is 16.7. The Hall–Kier alpha value is -3.47. The van der Waals surface area contributed by atoms with Crippen molar-refractivity contribution in [2.75, 3.05) is 6.61 Å². The number of hydrogen-bond donors (Lipinski definition) is 1. The number of benzene rings is 3. The fourth-order valence-electron chi connectivity index (χ4n) is 3.34. The van der Waals surface area contributed by atoms with Gasteiger partial charge in [0.05, 0.1) is 6.61 Å². The molecule has 5 nitrogen and oxygen atoms in total. The molecule has 0 saturated heterocycles. The summed E-state index contributed by atoms with van der Waals surface area (Å²) in [5.41, 5.74) is 2.30. The maximum absolute atomic E-state index is 11.5. The van der Waals surface area contributed by atoms with Crippen LogP contribution >= 0.6 is 0 Å². The number of para-hydroxylation sites is 2. The van der Waals surface area contributed by atoms with E-state index in [4.69, 9.17) is 14.2 Å². The van der Waals surface area contributed by atoms with E-state index in [1.165, 1.54) is 5.56 Å². The van der Waals surface area contributed by atoms with Gasteiger partial charge in [-0.1, -0.05) is 48.5 Å². The molecule has 1 N–H and O–H groups in total. The van der Waals surface area contributed by atoms with Crippen LogP contribution in [0.15, 0.2) is 78.9 Å². The first-order valence-corrected chi connectivity index (χ1v) is 9.13. The molecule has 2 unspecified atom stereocenters. The van der Waals surface area contributed by atoms with E-state index in [9.17, 15) is 9.90 Å². The lowest BCUT2D eigenvalue weighted by Gasteiger charge is -2.26. The minimum absolute atomic E-state index is 0.245. The Kier molecular flexibility index (Phi) is 5.15. The summed E-state index contributed by atoms with van der Waals surface area (Å²) in [6, 6.07) is 24.3. The van der Waals surface area contributed by atoms with Crippen molar-refractivity contribution in [3.63, 3.8) is 0 Å². The third-order valence-electron chi connectivity index (χ3n) is 4.67. The van der Waals surface area contributed by atoms with Gasteiger partial charge in [-0.2, -0.15) is 0 Å². The van der Waals surface area contributed by atoms with E-state index >= 15 is 0 Å². The minimum atomic E-state index is -1.42. The molecule has 3 aromatic rings. The fourth-order valence-corrected chi connectivity index (χ4v) is 3.34. The summed E-state index contributed by atoms with van der Waals surface area (Å²) in [5.74, 6) is 0.847. The number of fused-ring (bicyclic) bond motifs is 1. The van der Waals surface area contributed by atoms with Gasteiger partial charge >= 0.3 is 12.3 Å². The maximum atomic E-state index is 11.5. The van der Waals surface area contributed by atoms with Crippen molar-refractivity contribution in [3.05, 3.63) is 90.0 Å². The van der Waals surface area contributed by atoms with Crippen molar-refractivity contribution in [3.8, 4) is 17.2 Å². The van der Waals surface area contributed by atoms with Gasteiger partial charge < -0.3 is 19.3 Å². The van der Waals surface area contributed by atoms with E-state index in [1.807, 2.05) is 36.4 Å². The molecule has 1 heterocycles. The van der Waals surface area contributed by atoms with E-state index < -0.39 is 12.3 Å². The second kappa shape index (κ2) is 8.05. The molecule has 0 radical (unpaired) electrons. The monoisotopic (exact) mass is 376 g/mol. The van der Waals surface area contributed by atoms with Crippen LogP contribution in [0.5, 0.6) is 17.2 Å². The summed E-state index contributed by atoms with van der Waals surface area (Å²) in [6.45, 7) is 0.673. The smallest absolute Gasteiger partial charge is 0.387 e. The highest BCUT2D eigenvalue weighted by molar-refractivity contribution is 5.71. The highest BCUT2D eigenvalue weighted by Gasteiger charge is 2.24. The summed E-state index contributed by atoms with van der Waals surface area (Å²) in [6.07, 6.45) is -0.524. The molecule has 4 rings (SSSR count). The van der Waals surface area contributed by atoms with Crippen LogP contribution in [0.3, 0.4) is 0 Å². The number of rotatable bonds is 6. The summed E-state index contributed by atoms with van der Waals surface area (Å²) in [7, 11) is 0. The third kappa shape index (κ3) is 3.93. The highest BCUT2D eigenvalue weighted by Crippen LogP contribution is 2.38. The normalized spacial score (nSPS) is 16.4. The van der Waals surface area contributed by atoms with Gasteiger partial charge in [0, 0.05) is 11.5 Å². The Bertz CT molecular complexity index is 937. The molecule has 0 aromatic heterocycles. The van der Waals surface area contributed by atoms with Crippen molar-refractivity contribution in [1.82, 2.24) is 0 Å². The summed E-state index contributed by atoms with van der Waals surface area (Å²) >= 11 is 0. The topological polar surface area (TPSA) is 65.0 Å². The van der Waals surface area contributed by atoms with Gasteiger partial charge in [0.25, 0.3) is 0 Å². The minimum Gasteiger partial charge on any atom is -0.493 e. The molecular weight excluding hydrogens is 356 g/mol. The molecule has 142 valence electrons. The predicted molar refractivity (Wildman–Crippen MR) is 104 cm³/mol. The number of carboxylic acids is 1. The molecule has 1 aliphatic rings. The quantitative estimate of drug-likeness (QED) is 0.643. The van der Waals surface area contributed by atoms with Crippen LogP contribution in [-0.2, 0) is 4.79 Å². The lowest BCUT2D eigenvalue weighted by Crippen LogP contribution is -2.33. The maximum Gasteiger partial charge on any atom is 0.387 e. The Balaban J connectivity index is 1.49.